The Morgan fingerprint density at radius 1 is 1.28 bits per heavy atom. The van der Waals surface area contributed by atoms with Crippen molar-refractivity contribution < 1.29 is 28.9 Å². The van der Waals surface area contributed by atoms with E-state index in [0.29, 0.717) is 26.1 Å². The molecule has 6 fully saturated rings. The molecule has 0 amide bonds. The number of alkyl halides is 1. The van der Waals surface area contributed by atoms with Crippen molar-refractivity contribution in [3.63, 3.8) is 0 Å². The minimum Gasteiger partial charge on any atom is -0.481 e. The molecule has 1 N–H and O–H groups in total. The molecule has 0 aromatic heterocycles. The molecule has 200 valence electrons. The van der Waals surface area contributed by atoms with E-state index in [1.807, 2.05) is 6.92 Å². The predicted octanol–water partition coefficient (Wildman–Crippen LogP) is 4.93. The summed E-state index contributed by atoms with van der Waals surface area (Å²) in [6.07, 6.45) is 4.18. The van der Waals surface area contributed by atoms with Crippen LogP contribution < -0.4 is 0 Å². The van der Waals surface area contributed by atoms with E-state index >= 15 is 0 Å². The Bertz CT molecular complexity index is 967. The molecule has 2 saturated heterocycles. The fourth-order valence-corrected chi connectivity index (χ4v) is 11.0. The highest BCUT2D eigenvalue weighted by Gasteiger charge is 2.86. The molecule has 6 nitrogen and oxygen atoms in total. The Labute approximate surface area is 219 Å². The van der Waals surface area contributed by atoms with Gasteiger partial charge in [-0.3, -0.25) is 4.79 Å². The van der Waals surface area contributed by atoms with Crippen molar-refractivity contribution in [1.82, 2.24) is 0 Å². The van der Waals surface area contributed by atoms with Gasteiger partial charge in [-0.2, -0.15) is 0 Å². The summed E-state index contributed by atoms with van der Waals surface area (Å²) in [5, 5.41) is 11.1. The van der Waals surface area contributed by atoms with Gasteiger partial charge in [0.2, 0.25) is 0 Å². The molecule has 4 saturated carbocycles. The van der Waals surface area contributed by atoms with Crippen molar-refractivity contribution in [1.29, 1.82) is 0 Å². The van der Waals surface area contributed by atoms with Crippen LogP contribution in [0.1, 0.15) is 59.8 Å². The van der Waals surface area contributed by atoms with Gasteiger partial charge >= 0.3 is 5.97 Å². The Balaban J connectivity index is 1.40. The lowest BCUT2D eigenvalue weighted by Crippen LogP contribution is -2.65. The lowest BCUT2D eigenvalue weighted by molar-refractivity contribution is -0.253. The van der Waals surface area contributed by atoms with Gasteiger partial charge in [0.25, 0.3) is 0 Å². The third kappa shape index (κ3) is 2.85. The van der Waals surface area contributed by atoms with Crippen LogP contribution in [0.2, 0.25) is 0 Å². The zero-order valence-electron chi connectivity index (χ0n) is 22.0. The van der Waals surface area contributed by atoms with Gasteiger partial charge in [-0.1, -0.05) is 27.4 Å². The van der Waals surface area contributed by atoms with Gasteiger partial charge in [0.15, 0.2) is 6.29 Å². The summed E-state index contributed by atoms with van der Waals surface area (Å²) >= 11 is 6.81. The number of aldehydes is 1. The maximum atomic E-state index is 13.6. The summed E-state index contributed by atoms with van der Waals surface area (Å²) in [6, 6.07) is 0. The van der Waals surface area contributed by atoms with Gasteiger partial charge in [-0.25, -0.2) is 0 Å². The van der Waals surface area contributed by atoms with Crippen molar-refractivity contribution in [3.05, 3.63) is 12.2 Å². The van der Waals surface area contributed by atoms with E-state index in [1.54, 1.807) is 0 Å². The third-order valence-corrected chi connectivity index (χ3v) is 12.6. The van der Waals surface area contributed by atoms with E-state index in [0.717, 1.165) is 31.1 Å². The quantitative estimate of drug-likeness (QED) is 0.304. The smallest absolute Gasteiger partial charge is 0.311 e. The number of carbonyl (C=O) groups excluding carboxylic acids is 1. The van der Waals surface area contributed by atoms with E-state index < -0.39 is 28.5 Å². The molecule has 4 bridgehead atoms. The largest absolute Gasteiger partial charge is 0.481 e. The van der Waals surface area contributed by atoms with Crippen LogP contribution in [-0.4, -0.2) is 54.5 Å². The zero-order chi connectivity index (χ0) is 25.8. The van der Waals surface area contributed by atoms with Crippen LogP contribution in [-0.2, 0) is 23.8 Å². The summed E-state index contributed by atoms with van der Waals surface area (Å²) in [5.74, 6) is 0.155. The first-order valence-corrected chi connectivity index (χ1v) is 14.4. The lowest BCUT2D eigenvalue weighted by Gasteiger charge is -2.59. The predicted molar refractivity (Wildman–Crippen MR) is 134 cm³/mol. The van der Waals surface area contributed by atoms with Crippen LogP contribution in [0.4, 0.5) is 0 Å². The second-order valence-corrected chi connectivity index (χ2v) is 13.9. The number of carboxylic acids is 1. The summed E-state index contributed by atoms with van der Waals surface area (Å²) in [4.78, 5) is 26.8. The summed E-state index contributed by atoms with van der Waals surface area (Å²) in [5.41, 5.74) is -1.54. The molecule has 36 heavy (non-hydrogen) atoms. The van der Waals surface area contributed by atoms with Crippen molar-refractivity contribution >= 4 is 23.9 Å². The highest BCUT2D eigenvalue weighted by Crippen LogP contribution is 2.84. The highest BCUT2D eigenvalue weighted by molar-refractivity contribution is 6.21. The number of carboxylic acid groups (broad SMARTS) is 1. The van der Waals surface area contributed by atoms with Gasteiger partial charge in [-0.05, 0) is 73.7 Å². The number of aliphatic carboxylic acids is 1. The van der Waals surface area contributed by atoms with Crippen LogP contribution in [0.5, 0.6) is 0 Å². The van der Waals surface area contributed by atoms with Crippen LogP contribution in [0, 0.1) is 57.7 Å². The Hall–Kier alpha value is -0.950. The van der Waals surface area contributed by atoms with Gasteiger partial charge < -0.3 is 24.1 Å². The average Bonchev–Trinajstić information content (AvgIpc) is 3.49. The third-order valence-electron chi connectivity index (χ3n) is 12.0. The maximum absolute atomic E-state index is 13.6. The first-order chi connectivity index (χ1) is 17.0. The second kappa shape index (κ2) is 8.27. The monoisotopic (exact) mass is 520 g/mol. The van der Waals surface area contributed by atoms with E-state index in [2.05, 4.69) is 27.4 Å². The molecule has 4 aliphatic carbocycles. The average molecular weight is 521 g/mol. The normalized spacial score (nSPS) is 55.1. The molecule has 2 heterocycles. The van der Waals surface area contributed by atoms with Gasteiger partial charge in [-0.15, -0.1) is 11.6 Å². The molecular formula is C29H41ClO6. The Kier molecular flexibility index (Phi) is 5.82. The standard InChI is InChI=1S/C29H41ClO6/c1-14(2)21-6-18-9-27(12-31)22-8-23(30)16(4)20(22)10-28(18,29(21,27)26(32)33)13-35-24-7-19-15(3)11-34-25(19)17(5)36-24/h12,14,16-25H,3,6-11,13H2,1-2,4-5H3,(H,32,33)/t16-,17+,18+,19-,20+,21?,22+,23+,24+,25+,27-,28-,29-/m0/s1. The molecule has 6 aliphatic rings. The Morgan fingerprint density at radius 2 is 2.03 bits per heavy atom. The van der Waals surface area contributed by atoms with Gasteiger partial charge in [0.05, 0.1) is 30.8 Å². The number of hydrogen-bond donors (Lipinski definition) is 1. The van der Waals surface area contributed by atoms with Crippen LogP contribution >= 0.6 is 11.6 Å². The second-order valence-electron chi connectivity index (χ2n) is 13.4. The molecule has 7 heteroatoms. The fourth-order valence-electron chi connectivity index (χ4n) is 10.6. The van der Waals surface area contributed by atoms with E-state index in [9.17, 15) is 14.7 Å². The number of halogens is 1. The number of rotatable bonds is 6. The van der Waals surface area contributed by atoms with Crippen molar-refractivity contribution in [3.8, 4) is 0 Å². The highest BCUT2D eigenvalue weighted by atomic mass is 35.5. The number of carbonyl (C=O) groups is 2. The maximum Gasteiger partial charge on any atom is 0.311 e. The molecular weight excluding hydrogens is 480 g/mol. The molecule has 0 aromatic rings. The zero-order valence-corrected chi connectivity index (χ0v) is 22.7. The number of ether oxygens (including phenoxy) is 3. The minimum atomic E-state index is -1.13. The van der Waals surface area contributed by atoms with Crippen molar-refractivity contribution in [2.75, 3.05) is 13.2 Å². The number of hydrogen-bond acceptors (Lipinski definition) is 5. The molecule has 0 spiro atoms. The van der Waals surface area contributed by atoms with Crippen molar-refractivity contribution in [2.24, 2.45) is 57.7 Å². The summed E-state index contributed by atoms with van der Waals surface area (Å²) < 4.78 is 18.8. The number of fused-ring (bicyclic) bond motifs is 3. The lowest BCUT2D eigenvalue weighted by atomic mass is 9.42. The molecule has 2 aliphatic heterocycles. The van der Waals surface area contributed by atoms with Crippen molar-refractivity contribution in [2.45, 2.75) is 83.7 Å². The topological polar surface area (TPSA) is 82.1 Å². The van der Waals surface area contributed by atoms with Gasteiger partial charge in [0.1, 0.15) is 6.29 Å². The Morgan fingerprint density at radius 3 is 2.69 bits per heavy atom. The molecule has 13 atom stereocenters. The summed E-state index contributed by atoms with van der Waals surface area (Å²) in [6.45, 7) is 13.5. The summed E-state index contributed by atoms with van der Waals surface area (Å²) in [7, 11) is 0. The fraction of sp³-hybridized carbons (Fsp3) is 0.862. The van der Waals surface area contributed by atoms with E-state index in [-0.39, 0.29) is 59.0 Å². The molecule has 0 aromatic carbocycles. The van der Waals surface area contributed by atoms with E-state index in [1.165, 1.54) is 0 Å². The molecule has 6 rings (SSSR count). The first kappa shape index (κ1) is 25.3. The molecule has 0 radical (unpaired) electrons. The minimum absolute atomic E-state index is 0.00648. The van der Waals surface area contributed by atoms with Crippen LogP contribution in [0.25, 0.3) is 0 Å². The SMILES string of the molecule is C=C1CO[C@@H]2[C@@H](C)O[C@@H](OC[C@@]34C[C@@H]5[C@H](C)[C@H](Cl)C[C@H]5[C@@]5(C=O)C[C@H]3CC(C(C)C)[C@@]45C(=O)O)C[C@@H]12. The van der Waals surface area contributed by atoms with Crippen LogP contribution in [0.3, 0.4) is 0 Å². The van der Waals surface area contributed by atoms with E-state index in [4.69, 9.17) is 25.8 Å². The van der Waals surface area contributed by atoms with Crippen LogP contribution in [0.15, 0.2) is 12.2 Å². The van der Waals surface area contributed by atoms with Gasteiger partial charge in [0, 0.05) is 28.5 Å². The molecule has 1 unspecified atom stereocenters. The first-order valence-electron chi connectivity index (χ1n) is 13.9.